The maximum absolute atomic E-state index is 4.47. The number of benzene rings is 1. The first-order chi connectivity index (χ1) is 8.50. The fourth-order valence-electron chi connectivity index (χ4n) is 2.23. The zero-order valence-electron chi connectivity index (χ0n) is 11.8. The molecule has 0 saturated carbocycles. The van der Waals surface area contributed by atoms with E-state index < -0.39 is 0 Å². The van der Waals surface area contributed by atoms with Crippen LogP contribution in [0.2, 0.25) is 0 Å². The first-order valence-corrected chi connectivity index (χ1v) is 6.52. The summed E-state index contributed by atoms with van der Waals surface area (Å²) in [7, 11) is 0. The summed E-state index contributed by atoms with van der Waals surface area (Å²) in [5.41, 5.74) is 3.85. The first kappa shape index (κ1) is 12.8. The molecular weight excluding hydrogens is 222 g/mol. The molecule has 0 aliphatic rings. The van der Waals surface area contributed by atoms with Crippen LogP contribution in [0.1, 0.15) is 56.5 Å². The Bertz CT molecular complexity index is 512. The third-order valence-corrected chi connectivity index (χ3v) is 3.18. The predicted octanol–water partition coefficient (Wildman–Crippen LogP) is 3.82. The molecule has 0 aliphatic carbocycles. The predicted molar refractivity (Wildman–Crippen MR) is 74.3 cm³/mol. The van der Waals surface area contributed by atoms with Gasteiger partial charge in [0.1, 0.15) is 12.2 Å². The molecule has 0 saturated heterocycles. The largest absolute Gasteiger partial charge is 0.220 e. The van der Waals surface area contributed by atoms with Crippen LogP contribution in [-0.4, -0.2) is 14.8 Å². The lowest BCUT2D eigenvalue weighted by Gasteiger charge is -2.18. The Hall–Kier alpha value is -1.64. The smallest absolute Gasteiger partial charge is 0.147 e. The fraction of sp³-hybridized carbons (Fsp3) is 0.467. The molecule has 0 radical (unpaired) electrons. The Morgan fingerprint density at radius 2 is 1.56 bits per heavy atom. The van der Waals surface area contributed by atoms with Crippen molar-refractivity contribution in [2.24, 2.45) is 0 Å². The molecule has 2 aromatic rings. The van der Waals surface area contributed by atoms with E-state index in [1.165, 1.54) is 16.8 Å². The van der Waals surface area contributed by atoms with Crippen molar-refractivity contribution in [3.63, 3.8) is 0 Å². The van der Waals surface area contributed by atoms with Gasteiger partial charge in [0.05, 0.1) is 5.69 Å². The highest BCUT2D eigenvalue weighted by atomic mass is 15.3. The van der Waals surface area contributed by atoms with Gasteiger partial charge in [0.25, 0.3) is 0 Å². The molecule has 0 aliphatic heterocycles. The number of aromatic nitrogens is 3. The van der Waals surface area contributed by atoms with Crippen LogP contribution in [0, 0.1) is 6.92 Å². The lowest BCUT2D eigenvalue weighted by molar-refractivity contribution is 0.765. The summed E-state index contributed by atoms with van der Waals surface area (Å²) in [5, 5.41) is 4.47. The second kappa shape index (κ2) is 4.92. The number of hydrogen-bond acceptors (Lipinski definition) is 2. The minimum Gasteiger partial charge on any atom is -0.220 e. The van der Waals surface area contributed by atoms with Gasteiger partial charge in [0, 0.05) is 0 Å². The van der Waals surface area contributed by atoms with Gasteiger partial charge in [-0.3, -0.25) is 0 Å². The van der Waals surface area contributed by atoms with E-state index in [1.807, 2.05) is 17.9 Å². The van der Waals surface area contributed by atoms with Crippen LogP contribution in [0.5, 0.6) is 0 Å². The van der Waals surface area contributed by atoms with Gasteiger partial charge in [-0.05, 0) is 29.9 Å². The lowest BCUT2D eigenvalue weighted by Crippen LogP contribution is -2.07. The van der Waals surface area contributed by atoms with Crippen LogP contribution in [0.4, 0.5) is 0 Å². The highest BCUT2D eigenvalue weighted by Crippen LogP contribution is 2.30. The van der Waals surface area contributed by atoms with Crippen LogP contribution in [0.25, 0.3) is 5.69 Å². The fourth-order valence-corrected chi connectivity index (χ4v) is 2.23. The van der Waals surface area contributed by atoms with Crippen molar-refractivity contribution in [3.8, 4) is 5.69 Å². The molecule has 0 fully saturated rings. The Kier molecular flexibility index (Phi) is 3.50. The standard InChI is InChI=1S/C15H21N3/c1-10(2)13-7-6-8-14(11(3)4)15(13)18-9-16-12(5)17-18/h6-11H,1-5H3. The Morgan fingerprint density at radius 3 is 1.94 bits per heavy atom. The third kappa shape index (κ3) is 2.30. The van der Waals surface area contributed by atoms with Gasteiger partial charge in [-0.1, -0.05) is 45.9 Å². The monoisotopic (exact) mass is 243 g/mol. The minimum absolute atomic E-state index is 0.475. The summed E-state index contributed by atoms with van der Waals surface area (Å²) in [4.78, 5) is 4.25. The Labute approximate surface area is 109 Å². The summed E-state index contributed by atoms with van der Waals surface area (Å²) in [5.74, 6) is 1.76. The van der Waals surface area contributed by atoms with E-state index in [0.717, 1.165) is 5.82 Å². The maximum atomic E-state index is 4.47. The van der Waals surface area contributed by atoms with E-state index in [4.69, 9.17) is 0 Å². The first-order valence-electron chi connectivity index (χ1n) is 6.52. The van der Waals surface area contributed by atoms with E-state index >= 15 is 0 Å². The van der Waals surface area contributed by atoms with Crippen LogP contribution in [0.15, 0.2) is 24.5 Å². The second-order valence-corrected chi connectivity index (χ2v) is 5.33. The summed E-state index contributed by atoms with van der Waals surface area (Å²) in [6, 6.07) is 6.50. The lowest BCUT2D eigenvalue weighted by atomic mass is 9.93. The zero-order valence-corrected chi connectivity index (χ0v) is 11.8. The SMILES string of the molecule is Cc1ncn(-c2c(C(C)C)cccc2C(C)C)n1. The Balaban J connectivity index is 2.68. The number of rotatable bonds is 3. The normalized spacial score (nSPS) is 11.5. The van der Waals surface area contributed by atoms with E-state index in [1.54, 1.807) is 0 Å². The highest BCUT2D eigenvalue weighted by Gasteiger charge is 2.16. The van der Waals surface area contributed by atoms with Crippen molar-refractivity contribution < 1.29 is 0 Å². The molecular formula is C15H21N3. The average molecular weight is 243 g/mol. The van der Waals surface area contributed by atoms with Gasteiger partial charge in [-0.2, -0.15) is 5.10 Å². The van der Waals surface area contributed by atoms with Crippen LogP contribution < -0.4 is 0 Å². The molecule has 0 unspecified atom stereocenters. The zero-order chi connectivity index (χ0) is 13.3. The Morgan fingerprint density at radius 1 is 1.00 bits per heavy atom. The maximum Gasteiger partial charge on any atom is 0.147 e. The average Bonchev–Trinajstić information content (AvgIpc) is 2.74. The topological polar surface area (TPSA) is 30.7 Å². The molecule has 0 N–H and O–H groups in total. The highest BCUT2D eigenvalue weighted by molar-refractivity contribution is 5.50. The van der Waals surface area contributed by atoms with Crippen molar-refractivity contribution in [1.82, 2.24) is 14.8 Å². The van der Waals surface area contributed by atoms with Gasteiger partial charge in [0.2, 0.25) is 0 Å². The van der Waals surface area contributed by atoms with Gasteiger partial charge in [-0.25, -0.2) is 9.67 Å². The van der Waals surface area contributed by atoms with Crippen LogP contribution in [-0.2, 0) is 0 Å². The molecule has 0 amide bonds. The van der Waals surface area contributed by atoms with Crippen molar-refractivity contribution in [2.45, 2.75) is 46.5 Å². The molecule has 3 heteroatoms. The number of hydrogen-bond donors (Lipinski definition) is 0. The van der Waals surface area contributed by atoms with E-state index in [-0.39, 0.29) is 0 Å². The number of aryl methyl sites for hydroxylation is 1. The van der Waals surface area contributed by atoms with Crippen LogP contribution >= 0.6 is 0 Å². The second-order valence-electron chi connectivity index (χ2n) is 5.33. The van der Waals surface area contributed by atoms with Gasteiger partial charge in [0.15, 0.2) is 0 Å². The van der Waals surface area contributed by atoms with E-state index in [9.17, 15) is 0 Å². The van der Waals surface area contributed by atoms with Gasteiger partial charge in [-0.15, -0.1) is 0 Å². The quantitative estimate of drug-likeness (QED) is 0.820. The number of para-hydroxylation sites is 1. The molecule has 96 valence electrons. The molecule has 0 bridgehead atoms. The minimum atomic E-state index is 0.475. The molecule has 1 heterocycles. The molecule has 18 heavy (non-hydrogen) atoms. The van der Waals surface area contributed by atoms with Gasteiger partial charge < -0.3 is 0 Å². The molecule has 1 aromatic carbocycles. The van der Waals surface area contributed by atoms with Crippen LogP contribution in [0.3, 0.4) is 0 Å². The van der Waals surface area contributed by atoms with E-state index in [2.05, 4.69) is 56.0 Å². The van der Waals surface area contributed by atoms with Gasteiger partial charge >= 0.3 is 0 Å². The van der Waals surface area contributed by atoms with Crippen molar-refractivity contribution in [3.05, 3.63) is 41.5 Å². The summed E-state index contributed by atoms with van der Waals surface area (Å²) in [6.45, 7) is 10.8. The third-order valence-electron chi connectivity index (χ3n) is 3.18. The number of nitrogens with zero attached hydrogens (tertiary/aromatic N) is 3. The molecule has 2 rings (SSSR count). The summed E-state index contributed by atoms with van der Waals surface area (Å²) >= 11 is 0. The van der Waals surface area contributed by atoms with Crippen molar-refractivity contribution in [2.75, 3.05) is 0 Å². The molecule has 0 atom stereocenters. The summed E-state index contributed by atoms with van der Waals surface area (Å²) < 4.78 is 1.92. The molecule has 1 aromatic heterocycles. The van der Waals surface area contributed by atoms with Crippen molar-refractivity contribution in [1.29, 1.82) is 0 Å². The molecule has 3 nitrogen and oxygen atoms in total. The van der Waals surface area contributed by atoms with E-state index in [0.29, 0.717) is 11.8 Å². The molecule has 0 spiro atoms. The summed E-state index contributed by atoms with van der Waals surface area (Å²) in [6.07, 6.45) is 1.81. The van der Waals surface area contributed by atoms with Crippen molar-refractivity contribution >= 4 is 0 Å².